The molecule has 80 valence electrons. The van der Waals surface area contributed by atoms with Crippen molar-refractivity contribution in [2.24, 2.45) is 0 Å². The zero-order chi connectivity index (χ0) is 10.8. The number of rotatable bonds is 3. The molecule has 0 unspecified atom stereocenters. The third-order valence-corrected chi connectivity index (χ3v) is 2.82. The average Bonchev–Trinajstić information content (AvgIpc) is 2.65. The molecule has 1 aliphatic carbocycles. The molecule has 1 aromatic heterocycles. The van der Waals surface area contributed by atoms with E-state index in [0.29, 0.717) is 18.5 Å². The van der Waals surface area contributed by atoms with Gasteiger partial charge in [0.2, 0.25) is 0 Å². The van der Waals surface area contributed by atoms with Crippen LogP contribution in [0.25, 0.3) is 0 Å². The molecule has 0 atom stereocenters. The number of carbonyl (C=O) groups excluding carboxylic acids is 1. The molecule has 4 heteroatoms. The first-order valence-corrected chi connectivity index (χ1v) is 5.33. The fraction of sp³-hybridized carbons (Fsp3) is 0.545. The van der Waals surface area contributed by atoms with Crippen LogP contribution in [-0.2, 0) is 24.1 Å². The third kappa shape index (κ3) is 1.98. The average molecular weight is 206 g/mol. The van der Waals surface area contributed by atoms with Gasteiger partial charge in [-0.3, -0.25) is 4.79 Å². The maximum absolute atomic E-state index is 11.3. The first kappa shape index (κ1) is 10.1. The van der Waals surface area contributed by atoms with Gasteiger partial charge in [-0.25, -0.2) is 4.79 Å². The first-order valence-electron chi connectivity index (χ1n) is 5.33. The van der Waals surface area contributed by atoms with Gasteiger partial charge in [-0.1, -0.05) is 6.92 Å². The predicted octanol–water partition coefficient (Wildman–Crippen LogP) is 0.780. The van der Waals surface area contributed by atoms with Crippen molar-refractivity contribution in [3.05, 3.63) is 27.4 Å². The standard InChI is InChI=1S/C11H14N2O2/c1-2-7(14)6-10-8-4-3-5-9(8)12-11(15)13-10/h2-6H2,1H3,(H,12,13,15). The number of Topliss-reactive ketones (excluding diaryl/α,β-unsaturated/α-hetero) is 1. The molecule has 1 aromatic rings. The Balaban J connectivity index is 2.38. The van der Waals surface area contributed by atoms with Crippen molar-refractivity contribution in [2.75, 3.05) is 0 Å². The highest BCUT2D eigenvalue weighted by molar-refractivity contribution is 5.80. The van der Waals surface area contributed by atoms with Gasteiger partial charge >= 0.3 is 5.69 Å². The summed E-state index contributed by atoms with van der Waals surface area (Å²) >= 11 is 0. The molecule has 0 spiro atoms. The summed E-state index contributed by atoms with van der Waals surface area (Å²) in [5.74, 6) is 0.141. The van der Waals surface area contributed by atoms with E-state index in [0.717, 1.165) is 30.5 Å². The second-order valence-corrected chi connectivity index (χ2v) is 3.87. The lowest BCUT2D eigenvalue weighted by atomic mass is 10.1. The number of nitrogens with zero attached hydrogens (tertiary/aromatic N) is 1. The van der Waals surface area contributed by atoms with E-state index in [4.69, 9.17) is 0 Å². The Morgan fingerprint density at radius 2 is 2.27 bits per heavy atom. The minimum atomic E-state index is -0.324. The smallest absolute Gasteiger partial charge is 0.310 e. The quantitative estimate of drug-likeness (QED) is 0.794. The van der Waals surface area contributed by atoms with Crippen LogP contribution >= 0.6 is 0 Å². The fourth-order valence-corrected chi connectivity index (χ4v) is 2.01. The lowest BCUT2D eigenvalue weighted by Crippen LogP contribution is -2.18. The van der Waals surface area contributed by atoms with Gasteiger partial charge in [-0.2, -0.15) is 4.98 Å². The van der Waals surface area contributed by atoms with Crippen molar-refractivity contribution >= 4 is 5.78 Å². The number of aryl methyl sites for hydroxylation is 1. The number of hydrogen-bond acceptors (Lipinski definition) is 3. The summed E-state index contributed by atoms with van der Waals surface area (Å²) in [7, 11) is 0. The van der Waals surface area contributed by atoms with Crippen LogP contribution in [0.15, 0.2) is 4.79 Å². The zero-order valence-corrected chi connectivity index (χ0v) is 8.80. The number of aromatic nitrogens is 2. The summed E-state index contributed by atoms with van der Waals surface area (Å²) in [6.07, 6.45) is 3.70. The lowest BCUT2D eigenvalue weighted by Gasteiger charge is -2.04. The van der Waals surface area contributed by atoms with E-state index in [1.54, 1.807) is 0 Å². The van der Waals surface area contributed by atoms with E-state index in [-0.39, 0.29) is 11.5 Å². The highest BCUT2D eigenvalue weighted by Crippen LogP contribution is 2.21. The summed E-state index contributed by atoms with van der Waals surface area (Å²) in [6, 6.07) is 0. The highest BCUT2D eigenvalue weighted by Gasteiger charge is 2.18. The maximum Gasteiger partial charge on any atom is 0.345 e. The van der Waals surface area contributed by atoms with Gasteiger partial charge in [0.25, 0.3) is 0 Å². The first-order chi connectivity index (χ1) is 7.20. The Hall–Kier alpha value is -1.45. The van der Waals surface area contributed by atoms with Gasteiger partial charge in [0.05, 0.1) is 5.69 Å². The Labute approximate surface area is 87.7 Å². The zero-order valence-electron chi connectivity index (χ0n) is 8.80. The molecule has 0 saturated carbocycles. The van der Waals surface area contributed by atoms with Crippen molar-refractivity contribution in [1.29, 1.82) is 0 Å². The van der Waals surface area contributed by atoms with Crippen LogP contribution in [0.2, 0.25) is 0 Å². The van der Waals surface area contributed by atoms with E-state index in [2.05, 4.69) is 9.97 Å². The third-order valence-electron chi connectivity index (χ3n) is 2.82. The number of ketones is 1. The molecule has 0 aromatic carbocycles. The number of nitrogens with one attached hydrogen (secondary N) is 1. The van der Waals surface area contributed by atoms with E-state index in [9.17, 15) is 9.59 Å². The molecule has 0 saturated heterocycles. The number of hydrogen-bond donors (Lipinski definition) is 1. The number of H-pyrrole nitrogens is 1. The van der Waals surface area contributed by atoms with E-state index in [1.807, 2.05) is 6.92 Å². The topological polar surface area (TPSA) is 62.8 Å². The fourth-order valence-electron chi connectivity index (χ4n) is 2.01. The van der Waals surface area contributed by atoms with Gasteiger partial charge in [0.15, 0.2) is 0 Å². The van der Waals surface area contributed by atoms with Crippen LogP contribution in [0.3, 0.4) is 0 Å². The second kappa shape index (κ2) is 3.96. The van der Waals surface area contributed by atoms with E-state index in [1.165, 1.54) is 0 Å². The molecular weight excluding hydrogens is 192 g/mol. The van der Waals surface area contributed by atoms with Gasteiger partial charge < -0.3 is 4.98 Å². The molecule has 0 aliphatic heterocycles. The van der Waals surface area contributed by atoms with E-state index < -0.39 is 0 Å². The monoisotopic (exact) mass is 206 g/mol. The summed E-state index contributed by atoms with van der Waals surface area (Å²) < 4.78 is 0. The van der Waals surface area contributed by atoms with Crippen molar-refractivity contribution in [1.82, 2.24) is 9.97 Å². The molecule has 0 fully saturated rings. The van der Waals surface area contributed by atoms with Crippen LogP contribution in [0.4, 0.5) is 0 Å². The summed E-state index contributed by atoms with van der Waals surface area (Å²) in [6.45, 7) is 1.83. The summed E-state index contributed by atoms with van der Waals surface area (Å²) in [5.41, 5.74) is 2.44. The van der Waals surface area contributed by atoms with Crippen LogP contribution in [0.5, 0.6) is 0 Å². The number of aromatic amines is 1. The van der Waals surface area contributed by atoms with Gasteiger partial charge in [0.1, 0.15) is 5.78 Å². The SMILES string of the molecule is CCC(=O)Cc1nc(=O)[nH]c2c1CCC2. The Morgan fingerprint density at radius 1 is 1.47 bits per heavy atom. The molecule has 0 amide bonds. The second-order valence-electron chi connectivity index (χ2n) is 3.87. The molecule has 1 N–H and O–H groups in total. The van der Waals surface area contributed by atoms with Gasteiger partial charge in [-0.05, 0) is 24.8 Å². The van der Waals surface area contributed by atoms with Gasteiger partial charge in [-0.15, -0.1) is 0 Å². The Bertz CT molecular complexity index is 448. The summed E-state index contributed by atoms with van der Waals surface area (Å²) in [4.78, 5) is 29.2. The normalized spacial score (nSPS) is 13.9. The lowest BCUT2D eigenvalue weighted by molar-refractivity contribution is -0.118. The van der Waals surface area contributed by atoms with Crippen molar-refractivity contribution in [3.63, 3.8) is 0 Å². The largest absolute Gasteiger partial charge is 0.345 e. The van der Waals surface area contributed by atoms with Gasteiger partial charge in [0, 0.05) is 18.5 Å². The number of fused-ring (bicyclic) bond motifs is 1. The molecule has 4 nitrogen and oxygen atoms in total. The van der Waals surface area contributed by atoms with Crippen molar-refractivity contribution in [3.8, 4) is 0 Å². The Morgan fingerprint density at radius 3 is 3.00 bits per heavy atom. The van der Waals surface area contributed by atoms with Crippen LogP contribution < -0.4 is 5.69 Å². The molecule has 1 heterocycles. The molecule has 0 bridgehead atoms. The summed E-state index contributed by atoms with van der Waals surface area (Å²) in [5, 5.41) is 0. The minimum Gasteiger partial charge on any atom is -0.310 e. The Kier molecular flexibility index (Phi) is 2.66. The van der Waals surface area contributed by atoms with Crippen molar-refractivity contribution < 1.29 is 4.79 Å². The van der Waals surface area contributed by atoms with Crippen LogP contribution in [0.1, 0.15) is 36.7 Å². The number of carbonyl (C=O) groups is 1. The molecule has 1 aliphatic rings. The van der Waals surface area contributed by atoms with Crippen LogP contribution in [0, 0.1) is 0 Å². The van der Waals surface area contributed by atoms with E-state index >= 15 is 0 Å². The van der Waals surface area contributed by atoms with Crippen LogP contribution in [-0.4, -0.2) is 15.8 Å². The minimum absolute atomic E-state index is 0.141. The molecule has 15 heavy (non-hydrogen) atoms. The maximum atomic E-state index is 11.3. The molecule has 2 rings (SSSR count). The molecular formula is C11H14N2O2. The van der Waals surface area contributed by atoms with Crippen molar-refractivity contribution in [2.45, 2.75) is 39.0 Å². The highest BCUT2D eigenvalue weighted by atomic mass is 16.1. The predicted molar refractivity (Wildman–Crippen MR) is 55.9 cm³/mol. The molecule has 0 radical (unpaired) electrons.